The number of rotatable bonds is 3. The first-order valence-electron chi connectivity index (χ1n) is 7.89. The van der Waals surface area contributed by atoms with Crippen molar-refractivity contribution >= 4 is 5.91 Å². The molecule has 0 unspecified atom stereocenters. The van der Waals surface area contributed by atoms with Crippen LogP contribution in [-0.4, -0.2) is 20.9 Å². The topological polar surface area (TPSA) is 87.7 Å². The van der Waals surface area contributed by atoms with Gasteiger partial charge in [-0.15, -0.1) is 0 Å². The van der Waals surface area contributed by atoms with E-state index in [2.05, 4.69) is 20.3 Å². The zero-order chi connectivity index (χ0) is 16.4. The number of carbonyl (C=O) groups is 1. The molecule has 0 saturated heterocycles. The molecule has 0 aromatic carbocycles. The highest BCUT2D eigenvalue weighted by atomic mass is 16.1. The molecule has 2 aromatic rings. The smallest absolute Gasteiger partial charge is 0.255 e. The first-order chi connectivity index (χ1) is 11.1. The van der Waals surface area contributed by atoms with Gasteiger partial charge in [0, 0.05) is 18.0 Å². The Morgan fingerprint density at radius 3 is 3.00 bits per heavy atom. The molecule has 1 atom stereocenters. The third-order valence-electron chi connectivity index (χ3n) is 4.17. The van der Waals surface area contributed by atoms with Crippen molar-refractivity contribution < 1.29 is 4.79 Å². The number of amides is 1. The van der Waals surface area contributed by atoms with Gasteiger partial charge in [0.1, 0.15) is 6.33 Å². The van der Waals surface area contributed by atoms with Gasteiger partial charge in [0.05, 0.1) is 17.3 Å². The van der Waals surface area contributed by atoms with Crippen molar-refractivity contribution in [2.75, 3.05) is 0 Å². The van der Waals surface area contributed by atoms with E-state index in [1.165, 1.54) is 12.4 Å². The lowest BCUT2D eigenvalue weighted by Gasteiger charge is -2.26. The van der Waals surface area contributed by atoms with Crippen molar-refractivity contribution in [3.8, 4) is 0 Å². The standard InChI is InChI=1S/C17H20N4O2/c1-10(2)16-12(8-18-9-19-16)17(23)21-14-5-3-4-13-11(14)6-7-15(22)20-13/h6-10,14H,3-5H2,1-2H3,(H,20,22)(H,21,23)/t14-/m1/s1. The van der Waals surface area contributed by atoms with Crippen LogP contribution in [0.4, 0.5) is 0 Å². The molecule has 0 spiro atoms. The molecule has 0 aliphatic heterocycles. The third kappa shape index (κ3) is 3.16. The molecule has 23 heavy (non-hydrogen) atoms. The first-order valence-corrected chi connectivity index (χ1v) is 7.89. The average molecular weight is 312 g/mol. The first kappa shape index (κ1) is 15.4. The van der Waals surface area contributed by atoms with Crippen molar-refractivity contribution in [3.63, 3.8) is 0 Å². The van der Waals surface area contributed by atoms with E-state index < -0.39 is 0 Å². The van der Waals surface area contributed by atoms with Gasteiger partial charge in [-0.3, -0.25) is 9.59 Å². The second-order valence-electron chi connectivity index (χ2n) is 6.15. The van der Waals surface area contributed by atoms with Gasteiger partial charge in [0.2, 0.25) is 5.56 Å². The SMILES string of the molecule is CC(C)c1ncncc1C(=O)N[C@@H]1CCCc2[nH]c(=O)ccc21. The van der Waals surface area contributed by atoms with Gasteiger partial charge in [-0.2, -0.15) is 0 Å². The molecule has 2 heterocycles. The number of H-pyrrole nitrogens is 1. The average Bonchev–Trinajstić information content (AvgIpc) is 2.54. The van der Waals surface area contributed by atoms with Gasteiger partial charge in [-0.25, -0.2) is 9.97 Å². The van der Waals surface area contributed by atoms with Crippen LogP contribution in [0.2, 0.25) is 0 Å². The van der Waals surface area contributed by atoms with Crippen molar-refractivity contribution in [2.45, 2.75) is 45.1 Å². The maximum Gasteiger partial charge on any atom is 0.255 e. The van der Waals surface area contributed by atoms with Gasteiger partial charge < -0.3 is 10.3 Å². The van der Waals surface area contributed by atoms with Crippen LogP contribution in [0.25, 0.3) is 0 Å². The minimum absolute atomic E-state index is 0.0941. The molecule has 3 rings (SSSR count). The molecular weight excluding hydrogens is 292 g/mol. The summed E-state index contributed by atoms with van der Waals surface area (Å²) < 4.78 is 0. The number of pyridine rings is 1. The van der Waals surface area contributed by atoms with Gasteiger partial charge in [-0.1, -0.05) is 13.8 Å². The van der Waals surface area contributed by atoms with Crippen molar-refractivity contribution in [1.29, 1.82) is 0 Å². The monoisotopic (exact) mass is 312 g/mol. The lowest BCUT2D eigenvalue weighted by atomic mass is 9.91. The summed E-state index contributed by atoms with van der Waals surface area (Å²) >= 11 is 0. The predicted octanol–water partition coefficient (Wildman–Crippen LogP) is 2.10. The molecule has 6 nitrogen and oxygen atoms in total. The van der Waals surface area contributed by atoms with Crippen molar-refractivity contribution in [2.24, 2.45) is 0 Å². The molecule has 0 saturated carbocycles. The van der Waals surface area contributed by atoms with E-state index in [-0.39, 0.29) is 23.4 Å². The maximum absolute atomic E-state index is 12.7. The van der Waals surface area contributed by atoms with Crippen LogP contribution in [0, 0.1) is 0 Å². The zero-order valence-electron chi connectivity index (χ0n) is 13.3. The normalized spacial score (nSPS) is 16.9. The van der Waals surface area contributed by atoms with Gasteiger partial charge in [0.15, 0.2) is 0 Å². The largest absolute Gasteiger partial charge is 0.345 e. The number of hydrogen-bond donors (Lipinski definition) is 2. The second-order valence-corrected chi connectivity index (χ2v) is 6.15. The molecule has 1 aliphatic rings. The summed E-state index contributed by atoms with van der Waals surface area (Å²) in [6.45, 7) is 4.00. The Hall–Kier alpha value is -2.50. The fourth-order valence-electron chi connectivity index (χ4n) is 3.06. The Morgan fingerprint density at radius 1 is 1.39 bits per heavy atom. The van der Waals surface area contributed by atoms with Crippen molar-refractivity contribution in [1.82, 2.24) is 20.3 Å². The number of aromatic amines is 1. The van der Waals surface area contributed by atoms with E-state index in [0.29, 0.717) is 5.56 Å². The van der Waals surface area contributed by atoms with Crippen LogP contribution in [0.15, 0.2) is 29.5 Å². The Kier molecular flexibility index (Phi) is 4.23. The minimum Gasteiger partial charge on any atom is -0.345 e. The second kappa shape index (κ2) is 6.32. The third-order valence-corrected chi connectivity index (χ3v) is 4.17. The molecule has 0 fully saturated rings. The number of hydrogen-bond acceptors (Lipinski definition) is 4. The summed E-state index contributed by atoms with van der Waals surface area (Å²) in [5.41, 5.74) is 3.07. The van der Waals surface area contributed by atoms with Crippen LogP contribution < -0.4 is 10.9 Å². The predicted molar refractivity (Wildman–Crippen MR) is 86.3 cm³/mol. The van der Waals surface area contributed by atoms with Crippen LogP contribution >= 0.6 is 0 Å². The fraction of sp³-hybridized carbons (Fsp3) is 0.412. The Balaban J connectivity index is 1.87. The van der Waals surface area contributed by atoms with E-state index in [4.69, 9.17) is 0 Å². The van der Waals surface area contributed by atoms with Crippen molar-refractivity contribution in [3.05, 3.63) is 57.5 Å². The van der Waals surface area contributed by atoms with E-state index in [1.54, 1.807) is 6.20 Å². The summed E-state index contributed by atoms with van der Waals surface area (Å²) in [4.78, 5) is 35.2. The zero-order valence-corrected chi connectivity index (χ0v) is 13.3. The summed E-state index contributed by atoms with van der Waals surface area (Å²) in [6, 6.07) is 3.22. The van der Waals surface area contributed by atoms with E-state index in [0.717, 1.165) is 36.2 Å². The molecule has 1 aliphatic carbocycles. The molecule has 0 bridgehead atoms. The van der Waals surface area contributed by atoms with E-state index in [1.807, 2.05) is 19.9 Å². The van der Waals surface area contributed by atoms with E-state index >= 15 is 0 Å². The Morgan fingerprint density at radius 2 is 2.22 bits per heavy atom. The quantitative estimate of drug-likeness (QED) is 0.908. The molecular formula is C17H20N4O2. The highest BCUT2D eigenvalue weighted by molar-refractivity contribution is 5.95. The fourth-order valence-corrected chi connectivity index (χ4v) is 3.06. The number of fused-ring (bicyclic) bond motifs is 1. The molecule has 0 radical (unpaired) electrons. The van der Waals surface area contributed by atoms with Gasteiger partial charge >= 0.3 is 0 Å². The number of nitrogens with one attached hydrogen (secondary N) is 2. The molecule has 6 heteroatoms. The summed E-state index contributed by atoms with van der Waals surface area (Å²) in [5.74, 6) is -0.0212. The number of carbonyl (C=O) groups excluding carboxylic acids is 1. The molecule has 2 N–H and O–H groups in total. The van der Waals surface area contributed by atoms with Crippen LogP contribution in [-0.2, 0) is 6.42 Å². The minimum atomic E-state index is -0.168. The van der Waals surface area contributed by atoms with E-state index in [9.17, 15) is 9.59 Å². The highest BCUT2D eigenvalue weighted by Gasteiger charge is 2.24. The lowest BCUT2D eigenvalue weighted by molar-refractivity contribution is 0.0930. The molecule has 1 amide bonds. The Bertz CT molecular complexity index is 782. The van der Waals surface area contributed by atoms with Crippen LogP contribution in [0.1, 0.15) is 66.0 Å². The summed E-state index contributed by atoms with van der Waals surface area (Å²) in [7, 11) is 0. The summed E-state index contributed by atoms with van der Waals surface area (Å²) in [5, 5.41) is 3.07. The number of aromatic nitrogens is 3. The molecule has 120 valence electrons. The molecule has 2 aromatic heterocycles. The highest BCUT2D eigenvalue weighted by Crippen LogP contribution is 2.28. The van der Waals surface area contributed by atoms with Gasteiger partial charge in [-0.05, 0) is 36.8 Å². The lowest BCUT2D eigenvalue weighted by Crippen LogP contribution is -2.33. The number of nitrogens with zero attached hydrogens (tertiary/aromatic N) is 2. The maximum atomic E-state index is 12.7. The number of aryl methyl sites for hydroxylation is 1. The summed E-state index contributed by atoms with van der Waals surface area (Å²) in [6.07, 6.45) is 5.65. The van der Waals surface area contributed by atoms with Crippen LogP contribution in [0.3, 0.4) is 0 Å². The van der Waals surface area contributed by atoms with Crippen LogP contribution in [0.5, 0.6) is 0 Å². The Labute approximate surface area is 134 Å². The van der Waals surface area contributed by atoms with Gasteiger partial charge in [0.25, 0.3) is 5.91 Å².